The third-order valence-corrected chi connectivity index (χ3v) is 2.55. The third kappa shape index (κ3) is 3.79. The number of esters is 1. The van der Waals surface area contributed by atoms with Gasteiger partial charge >= 0.3 is 11.9 Å². The van der Waals surface area contributed by atoms with Crippen molar-refractivity contribution in [3.05, 3.63) is 35.4 Å². The minimum atomic E-state index is -1.32. The lowest BCUT2D eigenvalue weighted by atomic mass is 9.92. The first kappa shape index (κ1) is 15.2. The van der Waals surface area contributed by atoms with E-state index >= 15 is 0 Å². The van der Waals surface area contributed by atoms with Crippen LogP contribution < -0.4 is 5.73 Å². The highest BCUT2D eigenvalue weighted by molar-refractivity contribution is 5.88. The number of rotatable bonds is 3. The first-order valence-electron chi connectivity index (χ1n) is 5.90. The van der Waals surface area contributed by atoms with Crippen molar-refractivity contribution < 1.29 is 19.4 Å². The number of carboxylic acids is 1. The summed E-state index contributed by atoms with van der Waals surface area (Å²) in [6, 6.07) is 5.86. The normalized spacial score (nSPS) is 14.6. The van der Waals surface area contributed by atoms with Crippen molar-refractivity contribution in [3.63, 3.8) is 0 Å². The van der Waals surface area contributed by atoms with E-state index in [0.29, 0.717) is 5.56 Å². The molecule has 5 nitrogen and oxygen atoms in total. The largest absolute Gasteiger partial charge is 0.478 e. The van der Waals surface area contributed by atoms with Crippen LogP contribution in [-0.2, 0) is 15.1 Å². The van der Waals surface area contributed by atoms with E-state index in [1.165, 1.54) is 31.2 Å². The van der Waals surface area contributed by atoms with Crippen molar-refractivity contribution in [1.29, 1.82) is 0 Å². The number of benzene rings is 1. The Balaban J connectivity index is 2.99. The number of hydrogen-bond acceptors (Lipinski definition) is 4. The van der Waals surface area contributed by atoms with E-state index < -0.39 is 23.1 Å². The standard InChI is InChI=1S/C14H19NO4/c1-13(2,3)19-12(18)14(4,15)10-7-5-9(6-8-10)11(16)17/h5-8H,15H2,1-4H3,(H,16,17). The van der Waals surface area contributed by atoms with Gasteiger partial charge in [-0.05, 0) is 45.4 Å². The van der Waals surface area contributed by atoms with Crippen molar-refractivity contribution >= 4 is 11.9 Å². The fourth-order valence-corrected chi connectivity index (χ4v) is 1.46. The van der Waals surface area contributed by atoms with Crippen LogP contribution >= 0.6 is 0 Å². The molecule has 0 amide bonds. The summed E-state index contributed by atoms with van der Waals surface area (Å²) in [4.78, 5) is 22.8. The van der Waals surface area contributed by atoms with Gasteiger partial charge < -0.3 is 15.6 Å². The van der Waals surface area contributed by atoms with Crippen molar-refractivity contribution in [2.45, 2.75) is 38.8 Å². The van der Waals surface area contributed by atoms with Crippen LogP contribution in [0.2, 0.25) is 0 Å². The molecule has 1 aromatic carbocycles. The van der Waals surface area contributed by atoms with E-state index in [1.54, 1.807) is 20.8 Å². The lowest BCUT2D eigenvalue weighted by Crippen LogP contribution is -2.45. The monoisotopic (exact) mass is 265 g/mol. The zero-order valence-corrected chi connectivity index (χ0v) is 11.6. The van der Waals surface area contributed by atoms with Gasteiger partial charge in [-0.1, -0.05) is 12.1 Å². The average molecular weight is 265 g/mol. The topological polar surface area (TPSA) is 89.6 Å². The van der Waals surface area contributed by atoms with Gasteiger partial charge in [0.25, 0.3) is 0 Å². The van der Waals surface area contributed by atoms with E-state index in [-0.39, 0.29) is 5.56 Å². The van der Waals surface area contributed by atoms with Crippen LogP contribution in [0.3, 0.4) is 0 Å². The Morgan fingerprint density at radius 1 is 1.11 bits per heavy atom. The highest BCUT2D eigenvalue weighted by atomic mass is 16.6. The fourth-order valence-electron chi connectivity index (χ4n) is 1.46. The lowest BCUT2D eigenvalue weighted by molar-refractivity contribution is -0.161. The first-order valence-corrected chi connectivity index (χ1v) is 5.90. The number of nitrogens with two attached hydrogens (primary N) is 1. The van der Waals surface area contributed by atoms with Crippen LogP contribution in [0.5, 0.6) is 0 Å². The zero-order valence-electron chi connectivity index (χ0n) is 11.6. The highest BCUT2D eigenvalue weighted by Crippen LogP contribution is 2.22. The number of carbonyl (C=O) groups excluding carboxylic acids is 1. The fraction of sp³-hybridized carbons (Fsp3) is 0.429. The maximum atomic E-state index is 12.0. The second-order valence-electron chi connectivity index (χ2n) is 5.59. The number of hydrogen-bond donors (Lipinski definition) is 2. The summed E-state index contributed by atoms with van der Waals surface area (Å²) in [5.74, 6) is -1.58. The molecule has 0 heterocycles. The van der Waals surface area contributed by atoms with Crippen LogP contribution in [0.1, 0.15) is 43.6 Å². The minimum absolute atomic E-state index is 0.142. The summed E-state index contributed by atoms with van der Waals surface area (Å²) in [6.07, 6.45) is 0. The average Bonchev–Trinajstić information content (AvgIpc) is 2.26. The van der Waals surface area contributed by atoms with Crippen molar-refractivity contribution in [2.24, 2.45) is 5.73 Å². The molecule has 104 valence electrons. The molecule has 0 saturated carbocycles. The molecule has 0 radical (unpaired) electrons. The molecule has 3 N–H and O–H groups in total. The van der Waals surface area contributed by atoms with E-state index in [4.69, 9.17) is 15.6 Å². The second kappa shape index (κ2) is 5.01. The molecule has 1 unspecified atom stereocenters. The van der Waals surface area contributed by atoms with E-state index in [0.717, 1.165) is 0 Å². The molecule has 0 spiro atoms. The maximum Gasteiger partial charge on any atom is 0.335 e. The number of carbonyl (C=O) groups is 2. The number of ether oxygens (including phenoxy) is 1. The van der Waals surface area contributed by atoms with Gasteiger partial charge in [0.1, 0.15) is 11.1 Å². The predicted molar refractivity (Wildman–Crippen MR) is 70.8 cm³/mol. The molecule has 0 aliphatic heterocycles. The Labute approximate surface area is 112 Å². The van der Waals surface area contributed by atoms with Gasteiger partial charge in [-0.25, -0.2) is 9.59 Å². The lowest BCUT2D eigenvalue weighted by Gasteiger charge is -2.28. The summed E-state index contributed by atoms with van der Waals surface area (Å²) in [5, 5.41) is 8.82. The first-order chi connectivity index (χ1) is 8.54. The van der Waals surface area contributed by atoms with E-state index in [1.807, 2.05) is 0 Å². The summed E-state index contributed by atoms with van der Waals surface area (Å²) >= 11 is 0. The van der Waals surface area contributed by atoms with Gasteiger partial charge in [0.15, 0.2) is 0 Å². The van der Waals surface area contributed by atoms with Gasteiger partial charge in [0.05, 0.1) is 5.56 Å². The molecule has 0 aliphatic carbocycles. The van der Waals surface area contributed by atoms with Crippen LogP contribution in [0.25, 0.3) is 0 Å². The molecule has 1 aromatic rings. The van der Waals surface area contributed by atoms with Crippen molar-refractivity contribution in [2.75, 3.05) is 0 Å². The van der Waals surface area contributed by atoms with Gasteiger partial charge in [-0.15, -0.1) is 0 Å². The summed E-state index contributed by atoms with van der Waals surface area (Å²) < 4.78 is 5.25. The Bertz CT molecular complexity index is 483. The van der Waals surface area contributed by atoms with Gasteiger partial charge in [-0.2, -0.15) is 0 Å². The minimum Gasteiger partial charge on any atom is -0.478 e. The summed E-state index contributed by atoms with van der Waals surface area (Å²) in [6.45, 7) is 6.81. The van der Waals surface area contributed by atoms with Gasteiger partial charge in [0, 0.05) is 0 Å². The highest BCUT2D eigenvalue weighted by Gasteiger charge is 2.35. The number of carboxylic acid groups (broad SMARTS) is 1. The van der Waals surface area contributed by atoms with Gasteiger partial charge in [-0.3, -0.25) is 0 Å². The quantitative estimate of drug-likeness (QED) is 0.815. The van der Waals surface area contributed by atoms with Crippen LogP contribution in [0, 0.1) is 0 Å². The molecule has 5 heteroatoms. The van der Waals surface area contributed by atoms with Crippen LogP contribution in [0.15, 0.2) is 24.3 Å². The Kier molecular flexibility index (Phi) is 4.00. The van der Waals surface area contributed by atoms with Gasteiger partial charge in [0.2, 0.25) is 0 Å². The molecule has 0 bridgehead atoms. The van der Waals surface area contributed by atoms with Crippen molar-refractivity contribution in [3.8, 4) is 0 Å². The summed E-state index contributed by atoms with van der Waals surface area (Å²) in [7, 11) is 0. The number of aromatic carboxylic acids is 1. The van der Waals surface area contributed by atoms with Crippen LogP contribution in [-0.4, -0.2) is 22.6 Å². The molecule has 0 fully saturated rings. The predicted octanol–water partition coefficient (Wildman–Crippen LogP) is 1.90. The Hall–Kier alpha value is -1.88. The molecule has 19 heavy (non-hydrogen) atoms. The second-order valence-corrected chi connectivity index (χ2v) is 5.59. The molecule has 0 aromatic heterocycles. The van der Waals surface area contributed by atoms with E-state index in [9.17, 15) is 9.59 Å². The molecular weight excluding hydrogens is 246 g/mol. The molecule has 0 aliphatic rings. The third-order valence-electron chi connectivity index (χ3n) is 2.55. The van der Waals surface area contributed by atoms with Crippen LogP contribution in [0.4, 0.5) is 0 Å². The van der Waals surface area contributed by atoms with Crippen molar-refractivity contribution in [1.82, 2.24) is 0 Å². The van der Waals surface area contributed by atoms with E-state index in [2.05, 4.69) is 0 Å². The summed E-state index contributed by atoms with van der Waals surface area (Å²) in [5.41, 5.74) is 4.70. The molecule has 1 atom stereocenters. The smallest absolute Gasteiger partial charge is 0.335 e. The zero-order chi connectivity index (χ0) is 14.8. The SMILES string of the molecule is CC(C)(C)OC(=O)C(C)(N)c1ccc(C(=O)O)cc1. The molecule has 0 saturated heterocycles. The maximum absolute atomic E-state index is 12.0. The Morgan fingerprint density at radius 2 is 1.58 bits per heavy atom. The molecule has 1 rings (SSSR count). The molecular formula is C14H19NO4. The Morgan fingerprint density at radius 3 is 1.95 bits per heavy atom.